The molecule has 1 atom stereocenters. The predicted octanol–water partition coefficient (Wildman–Crippen LogP) is 2.77. The van der Waals surface area contributed by atoms with E-state index in [-0.39, 0.29) is 12.5 Å². The monoisotopic (exact) mass is 306 g/mol. The Morgan fingerprint density at radius 2 is 2.10 bits per heavy atom. The number of carbonyl (C=O) groups is 2. The van der Waals surface area contributed by atoms with Gasteiger partial charge in [-0.3, -0.25) is 9.59 Å². The molecule has 2 N–H and O–H groups in total. The summed E-state index contributed by atoms with van der Waals surface area (Å²) in [5.74, 6) is -1.63. The number of rotatable bonds is 7. The van der Waals surface area contributed by atoms with Gasteiger partial charge in [0.15, 0.2) is 0 Å². The zero-order valence-electron chi connectivity index (χ0n) is 11.8. The number of carbonyl (C=O) groups excluding carboxylic acids is 1. The molecular formula is C15H18N2O3S. The zero-order valence-corrected chi connectivity index (χ0v) is 12.6. The van der Waals surface area contributed by atoms with Crippen LogP contribution in [0.25, 0.3) is 5.69 Å². The first kappa shape index (κ1) is 15.3. The maximum atomic E-state index is 12.2. The SMILES string of the molecule is CCCC(CNC(=O)c1sccc1-n1cccc1)C(=O)O. The summed E-state index contributed by atoms with van der Waals surface area (Å²) in [5.41, 5.74) is 0.810. The van der Waals surface area contributed by atoms with Crippen LogP contribution in [-0.2, 0) is 4.79 Å². The second-order valence-electron chi connectivity index (χ2n) is 4.76. The normalized spacial score (nSPS) is 12.0. The van der Waals surface area contributed by atoms with Gasteiger partial charge in [-0.05, 0) is 30.0 Å². The summed E-state index contributed by atoms with van der Waals surface area (Å²) >= 11 is 1.35. The summed E-state index contributed by atoms with van der Waals surface area (Å²) < 4.78 is 1.87. The Morgan fingerprint density at radius 1 is 1.38 bits per heavy atom. The fraction of sp³-hybridized carbons (Fsp3) is 0.333. The molecule has 5 nitrogen and oxygen atoms in total. The van der Waals surface area contributed by atoms with Gasteiger partial charge in [-0.1, -0.05) is 13.3 Å². The maximum absolute atomic E-state index is 12.2. The molecule has 21 heavy (non-hydrogen) atoms. The van der Waals surface area contributed by atoms with E-state index in [4.69, 9.17) is 5.11 Å². The Labute approximate surface area is 127 Å². The molecule has 2 aromatic heterocycles. The van der Waals surface area contributed by atoms with Crippen LogP contribution < -0.4 is 5.32 Å². The molecule has 2 aromatic rings. The molecular weight excluding hydrogens is 288 g/mol. The molecule has 1 unspecified atom stereocenters. The first-order chi connectivity index (χ1) is 10.1. The minimum Gasteiger partial charge on any atom is -0.481 e. The molecule has 0 saturated heterocycles. The molecule has 0 spiro atoms. The van der Waals surface area contributed by atoms with Crippen molar-refractivity contribution in [2.45, 2.75) is 19.8 Å². The first-order valence-electron chi connectivity index (χ1n) is 6.85. The molecule has 1 amide bonds. The highest BCUT2D eigenvalue weighted by molar-refractivity contribution is 7.12. The molecule has 0 saturated carbocycles. The fourth-order valence-electron chi connectivity index (χ4n) is 2.13. The van der Waals surface area contributed by atoms with E-state index in [0.29, 0.717) is 11.3 Å². The van der Waals surface area contributed by atoms with Crippen molar-refractivity contribution in [3.63, 3.8) is 0 Å². The Kier molecular flexibility index (Phi) is 5.16. The number of aromatic nitrogens is 1. The lowest BCUT2D eigenvalue weighted by Gasteiger charge is -2.12. The molecule has 0 aliphatic carbocycles. The molecule has 6 heteroatoms. The third kappa shape index (κ3) is 3.72. The molecule has 0 aliphatic heterocycles. The number of thiophene rings is 1. The second kappa shape index (κ2) is 7.08. The van der Waals surface area contributed by atoms with Crippen molar-refractivity contribution in [2.75, 3.05) is 6.54 Å². The third-order valence-corrected chi connectivity index (χ3v) is 4.13. The van der Waals surface area contributed by atoms with E-state index in [1.54, 1.807) is 0 Å². The molecule has 0 radical (unpaired) electrons. The number of aliphatic carboxylic acids is 1. The third-order valence-electron chi connectivity index (χ3n) is 3.23. The summed E-state index contributed by atoms with van der Waals surface area (Å²) in [5, 5.41) is 13.7. The van der Waals surface area contributed by atoms with Gasteiger partial charge >= 0.3 is 5.97 Å². The van der Waals surface area contributed by atoms with Crippen molar-refractivity contribution in [1.29, 1.82) is 0 Å². The van der Waals surface area contributed by atoms with E-state index in [9.17, 15) is 9.59 Å². The number of hydrogen-bond donors (Lipinski definition) is 2. The van der Waals surface area contributed by atoms with E-state index in [1.165, 1.54) is 11.3 Å². The van der Waals surface area contributed by atoms with Gasteiger partial charge in [0, 0.05) is 18.9 Å². The Hall–Kier alpha value is -2.08. The van der Waals surface area contributed by atoms with Crippen LogP contribution in [0.15, 0.2) is 36.0 Å². The van der Waals surface area contributed by atoms with Crippen molar-refractivity contribution in [2.24, 2.45) is 5.92 Å². The van der Waals surface area contributed by atoms with Gasteiger partial charge in [0.05, 0.1) is 11.6 Å². The molecule has 0 fully saturated rings. The number of hydrogen-bond acceptors (Lipinski definition) is 3. The highest BCUT2D eigenvalue weighted by Crippen LogP contribution is 2.21. The van der Waals surface area contributed by atoms with Crippen LogP contribution in [-0.4, -0.2) is 28.1 Å². The summed E-state index contributed by atoms with van der Waals surface area (Å²) in [7, 11) is 0. The topological polar surface area (TPSA) is 71.3 Å². The maximum Gasteiger partial charge on any atom is 0.308 e. The highest BCUT2D eigenvalue weighted by atomic mass is 32.1. The molecule has 0 aromatic carbocycles. The van der Waals surface area contributed by atoms with Crippen LogP contribution in [0.1, 0.15) is 29.4 Å². The minimum absolute atomic E-state index is 0.158. The largest absolute Gasteiger partial charge is 0.481 e. The van der Waals surface area contributed by atoms with Crippen LogP contribution >= 0.6 is 11.3 Å². The fourth-order valence-corrected chi connectivity index (χ4v) is 2.93. The Morgan fingerprint density at radius 3 is 2.71 bits per heavy atom. The highest BCUT2D eigenvalue weighted by Gasteiger charge is 2.19. The number of nitrogens with one attached hydrogen (secondary N) is 1. The number of amides is 1. The van der Waals surface area contributed by atoms with Crippen LogP contribution in [0.2, 0.25) is 0 Å². The van der Waals surface area contributed by atoms with Gasteiger partial charge in [0.2, 0.25) is 0 Å². The van der Waals surface area contributed by atoms with Gasteiger partial charge in [-0.15, -0.1) is 11.3 Å². The van der Waals surface area contributed by atoms with Crippen molar-refractivity contribution >= 4 is 23.2 Å². The summed E-state index contributed by atoms with van der Waals surface area (Å²) in [6.07, 6.45) is 5.08. The van der Waals surface area contributed by atoms with Crippen molar-refractivity contribution in [3.05, 3.63) is 40.8 Å². The van der Waals surface area contributed by atoms with Crippen LogP contribution in [0.5, 0.6) is 0 Å². The van der Waals surface area contributed by atoms with Gasteiger partial charge in [-0.25, -0.2) is 0 Å². The summed E-state index contributed by atoms with van der Waals surface area (Å²) in [6.45, 7) is 2.09. The van der Waals surface area contributed by atoms with Crippen molar-refractivity contribution in [1.82, 2.24) is 9.88 Å². The summed E-state index contributed by atoms with van der Waals surface area (Å²) in [4.78, 5) is 23.9. The predicted molar refractivity (Wildman–Crippen MR) is 82.0 cm³/mol. The molecule has 2 rings (SSSR count). The smallest absolute Gasteiger partial charge is 0.308 e. The molecule has 0 bridgehead atoms. The van der Waals surface area contributed by atoms with Gasteiger partial charge in [0.1, 0.15) is 4.88 Å². The molecule has 0 aliphatic rings. The Bertz CT molecular complexity index is 604. The quantitative estimate of drug-likeness (QED) is 0.826. The number of nitrogens with zero attached hydrogens (tertiary/aromatic N) is 1. The minimum atomic E-state index is -0.867. The Balaban J connectivity index is 2.04. The molecule has 112 valence electrons. The summed E-state index contributed by atoms with van der Waals surface area (Å²) in [6, 6.07) is 5.66. The van der Waals surface area contributed by atoms with E-state index in [0.717, 1.165) is 12.1 Å². The zero-order chi connectivity index (χ0) is 15.2. The standard InChI is InChI=1S/C15H18N2O3S/c1-2-5-11(15(19)20)10-16-14(18)13-12(6-9-21-13)17-7-3-4-8-17/h3-4,6-9,11H,2,5,10H2,1H3,(H,16,18)(H,19,20). The lowest BCUT2D eigenvalue weighted by molar-refractivity contribution is -0.141. The van der Waals surface area contributed by atoms with Gasteiger partial charge in [-0.2, -0.15) is 0 Å². The van der Waals surface area contributed by atoms with Crippen molar-refractivity contribution < 1.29 is 14.7 Å². The van der Waals surface area contributed by atoms with Crippen LogP contribution in [0.3, 0.4) is 0 Å². The number of carboxylic acids is 1. The van der Waals surface area contributed by atoms with Crippen molar-refractivity contribution in [3.8, 4) is 5.69 Å². The van der Waals surface area contributed by atoms with Gasteiger partial charge in [0.25, 0.3) is 5.91 Å². The van der Waals surface area contributed by atoms with E-state index >= 15 is 0 Å². The lowest BCUT2D eigenvalue weighted by Crippen LogP contribution is -2.32. The van der Waals surface area contributed by atoms with Crippen LogP contribution in [0.4, 0.5) is 0 Å². The molecule has 2 heterocycles. The lowest BCUT2D eigenvalue weighted by atomic mass is 10.0. The van der Waals surface area contributed by atoms with Gasteiger partial charge < -0.3 is 15.0 Å². The second-order valence-corrected chi connectivity index (χ2v) is 5.68. The van der Waals surface area contributed by atoms with E-state index in [2.05, 4.69) is 5.32 Å². The van der Waals surface area contributed by atoms with E-state index in [1.807, 2.05) is 47.5 Å². The average molecular weight is 306 g/mol. The van der Waals surface area contributed by atoms with E-state index < -0.39 is 11.9 Å². The average Bonchev–Trinajstić information content (AvgIpc) is 3.11. The number of carboxylic acid groups (broad SMARTS) is 1. The van der Waals surface area contributed by atoms with Crippen LogP contribution in [0, 0.1) is 5.92 Å². The first-order valence-corrected chi connectivity index (χ1v) is 7.73.